The molecule has 0 saturated heterocycles. The molecule has 0 atom stereocenters. The summed E-state index contributed by atoms with van der Waals surface area (Å²) in [5, 5.41) is 15.6. The fourth-order valence-electron chi connectivity index (χ4n) is 1.02. The molecular weight excluding hydrogens is 230 g/mol. The minimum Gasteiger partial charge on any atom is -0.481 e. The van der Waals surface area contributed by atoms with Gasteiger partial charge in [-0.3, -0.25) is 9.89 Å². The number of nitrogens with zero attached hydrogens (tertiary/aromatic N) is 2. The van der Waals surface area contributed by atoms with Crippen LogP contribution in [0, 0.1) is 0 Å². The Morgan fingerprint density at radius 1 is 1.62 bits per heavy atom. The summed E-state index contributed by atoms with van der Waals surface area (Å²) in [6, 6.07) is 0. The minimum absolute atomic E-state index is 0.0367. The molecule has 0 aliphatic carbocycles. The molecule has 0 aliphatic rings. The van der Waals surface area contributed by atoms with Crippen LogP contribution in [0.3, 0.4) is 0 Å². The molecule has 1 aromatic heterocycles. The van der Waals surface area contributed by atoms with Crippen molar-refractivity contribution in [2.24, 2.45) is 0 Å². The smallest absolute Gasteiger partial charge is 0.313 e. The number of rotatable bonds is 6. The van der Waals surface area contributed by atoms with Crippen molar-refractivity contribution in [2.75, 3.05) is 12.9 Å². The first-order valence-corrected chi connectivity index (χ1v) is 5.72. The highest BCUT2D eigenvalue weighted by Crippen LogP contribution is 2.16. The predicted molar refractivity (Wildman–Crippen MR) is 59.5 cm³/mol. The Morgan fingerprint density at radius 3 is 2.88 bits per heavy atom. The van der Waals surface area contributed by atoms with E-state index in [1.807, 2.05) is 13.8 Å². The maximum atomic E-state index is 10.3. The zero-order valence-corrected chi connectivity index (χ0v) is 10.3. The number of aromatic amines is 1. The van der Waals surface area contributed by atoms with Gasteiger partial charge in [0.15, 0.2) is 0 Å². The van der Waals surface area contributed by atoms with E-state index in [1.54, 1.807) is 7.11 Å². The van der Waals surface area contributed by atoms with Crippen molar-refractivity contribution in [1.29, 1.82) is 0 Å². The van der Waals surface area contributed by atoms with Crippen molar-refractivity contribution in [1.82, 2.24) is 15.2 Å². The first-order valence-electron chi connectivity index (χ1n) is 4.74. The average Bonchev–Trinajstić information content (AvgIpc) is 2.62. The first-order chi connectivity index (χ1) is 7.43. The molecule has 0 radical (unpaired) electrons. The van der Waals surface area contributed by atoms with Gasteiger partial charge in [0.05, 0.1) is 11.4 Å². The van der Waals surface area contributed by atoms with E-state index in [1.165, 1.54) is 0 Å². The Hall–Kier alpha value is -1.08. The summed E-state index contributed by atoms with van der Waals surface area (Å²) in [6.07, 6.45) is 0.601. The summed E-state index contributed by atoms with van der Waals surface area (Å²) >= 11 is 1.09. The van der Waals surface area contributed by atoms with Crippen molar-refractivity contribution < 1.29 is 14.6 Å². The number of aromatic nitrogens is 3. The molecule has 0 amide bonds. The van der Waals surface area contributed by atoms with Gasteiger partial charge < -0.3 is 9.84 Å². The summed E-state index contributed by atoms with van der Waals surface area (Å²) in [5.41, 5.74) is -0.311. The molecule has 1 rings (SSSR count). The first kappa shape index (κ1) is 13.0. The van der Waals surface area contributed by atoms with Gasteiger partial charge in [0.1, 0.15) is 5.82 Å². The van der Waals surface area contributed by atoms with Gasteiger partial charge in [0.25, 0.3) is 0 Å². The minimum atomic E-state index is -0.881. The second-order valence-electron chi connectivity index (χ2n) is 3.89. The number of H-pyrrole nitrogens is 1. The molecule has 6 nitrogen and oxygen atoms in total. The van der Waals surface area contributed by atoms with Crippen LogP contribution in [0.5, 0.6) is 0 Å². The van der Waals surface area contributed by atoms with Gasteiger partial charge in [0.2, 0.25) is 5.16 Å². The largest absolute Gasteiger partial charge is 0.481 e. The SMILES string of the molecule is COC(C)(C)Cc1nc(SCC(=O)O)n[nH]1. The normalized spacial score (nSPS) is 11.7. The van der Waals surface area contributed by atoms with Gasteiger partial charge >= 0.3 is 5.97 Å². The van der Waals surface area contributed by atoms with Crippen molar-refractivity contribution in [3.05, 3.63) is 5.82 Å². The number of hydrogen-bond donors (Lipinski definition) is 2. The van der Waals surface area contributed by atoms with E-state index >= 15 is 0 Å². The quantitative estimate of drug-likeness (QED) is 0.725. The van der Waals surface area contributed by atoms with E-state index in [0.29, 0.717) is 17.4 Å². The Bertz CT molecular complexity index is 365. The van der Waals surface area contributed by atoms with Crippen LogP contribution in [0.2, 0.25) is 0 Å². The van der Waals surface area contributed by atoms with Crippen LogP contribution >= 0.6 is 11.8 Å². The summed E-state index contributed by atoms with van der Waals surface area (Å²) in [6.45, 7) is 3.89. The topological polar surface area (TPSA) is 88.1 Å². The fourth-order valence-corrected chi connectivity index (χ4v) is 1.56. The number of thioether (sulfide) groups is 1. The maximum Gasteiger partial charge on any atom is 0.313 e. The van der Waals surface area contributed by atoms with Gasteiger partial charge in [-0.05, 0) is 13.8 Å². The van der Waals surface area contributed by atoms with E-state index < -0.39 is 5.97 Å². The van der Waals surface area contributed by atoms with Crippen LogP contribution in [0.4, 0.5) is 0 Å². The fraction of sp³-hybridized carbons (Fsp3) is 0.667. The molecule has 7 heteroatoms. The lowest BCUT2D eigenvalue weighted by Crippen LogP contribution is -2.26. The Labute approximate surface area is 97.8 Å². The Balaban J connectivity index is 2.54. The number of carboxylic acid groups (broad SMARTS) is 1. The molecule has 1 heterocycles. The molecule has 90 valence electrons. The van der Waals surface area contributed by atoms with Crippen molar-refractivity contribution >= 4 is 17.7 Å². The third-order valence-electron chi connectivity index (χ3n) is 1.98. The van der Waals surface area contributed by atoms with Crippen LogP contribution in [0.25, 0.3) is 0 Å². The van der Waals surface area contributed by atoms with E-state index in [0.717, 1.165) is 11.8 Å². The number of aliphatic carboxylic acids is 1. The number of hydrogen-bond acceptors (Lipinski definition) is 5. The molecule has 0 spiro atoms. The van der Waals surface area contributed by atoms with Crippen LogP contribution in [-0.4, -0.2) is 44.7 Å². The van der Waals surface area contributed by atoms with Crippen LogP contribution < -0.4 is 0 Å². The number of nitrogens with one attached hydrogen (secondary N) is 1. The molecule has 0 bridgehead atoms. The van der Waals surface area contributed by atoms with E-state index in [9.17, 15) is 4.79 Å². The number of methoxy groups -OCH3 is 1. The molecule has 16 heavy (non-hydrogen) atoms. The Morgan fingerprint density at radius 2 is 2.31 bits per heavy atom. The lowest BCUT2D eigenvalue weighted by atomic mass is 10.1. The van der Waals surface area contributed by atoms with E-state index in [4.69, 9.17) is 9.84 Å². The lowest BCUT2D eigenvalue weighted by Gasteiger charge is -2.20. The highest BCUT2D eigenvalue weighted by Gasteiger charge is 2.19. The highest BCUT2D eigenvalue weighted by atomic mass is 32.2. The standard InChI is InChI=1S/C9H15N3O3S/c1-9(2,15-3)4-6-10-8(12-11-6)16-5-7(13)14/h4-5H2,1-3H3,(H,13,14)(H,10,11,12). The van der Waals surface area contributed by atoms with Gasteiger partial charge in [0, 0.05) is 13.5 Å². The molecule has 0 fully saturated rings. The zero-order valence-electron chi connectivity index (χ0n) is 9.48. The second kappa shape index (κ2) is 5.31. The van der Waals surface area contributed by atoms with Crippen LogP contribution in [-0.2, 0) is 16.0 Å². The van der Waals surface area contributed by atoms with Crippen LogP contribution in [0.1, 0.15) is 19.7 Å². The predicted octanol–water partition coefficient (Wildman–Crippen LogP) is 0.949. The molecule has 0 saturated carbocycles. The summed E-state index contributed by atoms with van der Waals surface area (Å²) < 4.78 is 5.26. The summed E-state index contributed by atoms with van der Waals surface area (Å²) in [7, 11) is 1.64. The lowest BCUT2D eigenvalue weighted by molar-refractivity contribution is -0.133. The molecule has 0 unspecified atom stereocenters. The van der Waals surface area contributed by atoms with Crippen molar-refractivity contribution in [3.63, 3.8) is 0 Å². The number of carbonyl (C=O) groups is 1. The van der Waals surface area contributed by atoms with Gasteiger partial charge in [-0.1, -0.05) is 11.8 Å². The van der Waals surface area contributed by atoms with Gasteiger partial charge in [-0.25, -0.2) is 4.98 Å². The second-order valence-corrected chi connectivity index (χ2v) is 4.83. The van der Waals surface area contributed by atoms with Crippen LogP contribution in [0.15, 0.2) is 5.16 Å². The number of ether oxygens (including phenoxy) is 1. The van der Waals surface area contributed by atoms with Crippen molar-refractivity contribution in [3.8, 4) is 0 Å². The third-order valence-corrected chi connectivity index (χ3v) is 2.81. The monoisotopic (exact) mass is 245 g/mol. The zero-order chi connectivity index (χ0) is 12.2. The Kier molecular flexibility index (Phi) is 4.31. The maximum absolute atomic E-state index is 10.3. The highest BCUT2D eigenvalue weighted by molar-refractivity contribution is 7.99. The molecule has 1 aromatic rings. The summed E-state index contributed by atoms with van der Waals surface area (Å²) in [5.74, 6) is -0.223. The summed E-state index contributed by atoms with van der Waals surface area (Å²) in [4.78, 5) is 14.5. The molecule has 0 aromatic carbocycles. The molecule has 2 N–H and O–H groups in total. The van der Waals surface area contributed by atoms with Crippen molar-refractivity contribution in [2.45, 2.75) is 31.0 Å². The van der Waals surface area contributed by atoms with Gasteiger partial charge in [-0.15, -0.1) is 5.10 Å². The molecular formula is C9H15N3O3S. The third kappa shape index (κ3) is 4.19. The van der Waals surface area contributed by atoms with Gasteiger partial charge in [-0.2, -0.15) is 0 Å². The van der Waals surface area contributed by atoms with E-state index in [-0.39, 0.29) is 11.4 Å². The average molecular weight is 245 g/mol. The number of carboxylic acids is 1. The molecule has 0 aliphatic heterocycles. The van der Waals surface area contributed by atoms with E-state index in [2.05, 4.69) is 15.2 Å².